The molecular weight excluding hydrogens is 669 g/mol. The number of hydrogen-bond donors (Lipinski definition) is 1. The lowest BCUT2D eigenvalue weighted by atomic mass is 10.1. The predicted molar refractivity (Wildman–Crippen MR) is 181 cm³/mol. The fraction of sp³-hybridized carbons (Fsp3) is 0.206. The molecule has 0 fully saturated rings. The smallest absolute Gasteiger partial charge is 0.300 e. The first kappa shape index (κ1) is 33.8. The van der Waals surface area contributed by atoms with Gasteiger partial charge in [-0.25, -0.2) is 4.18 Å². The molecule has 1 heterocycles. The summed E-state index contributed by atoms with van der Waals surface area (Å²) in [5.74, 6) is -0.343. The monoisotopic (exact) mass is 699 g/mol. The van der Waals surface area contributed by atoms with E-state index in [2.05, 4.69) is 5.32 Å². The third kappa shape index (κ3) is 8.61. The normalized spacial score (nSPS) is 15.3. The number of hydrogen-bond acceptors (Lipinski definition) is 7. The van der Waals surface area contributed by atoms with Gasteiger partial charge in [-0.2, -0.15) is 8.42 Å². The minimum atomic E-state index is -4.24. The molecule has 0 aromatic heterocycles. The van der Waals surface area contributed by atoms with Gasteiger partial charge in [-0.05, 0) is 73.0 Å². The first-order chi connectivity index (χ1) is 22.0. The summed E-state index contributed by atoms with van der Waals surface area (Å²) in [6.07, 6.45) is 1.54. The Kier molecular flexibility index (Phi) is 10.9. The van der Waals surface area contributed by atoms with E-state index in [1.165, 1.54) is 17.0 Å². The minimum absolute atomic E-state index is 0.00265. The van der Waals surface area contributed by atoms with E-state index >= 15 is 0 Å². The van der Waals surface area contributed by atoms with Gasteiger partial charge in [0.15, 0.2) is 0 Å². The van der Waals surface area contributed by atoms with Crippen LogP contribution in [0.1, 0.15) is 28.4 Å². The lowest BCUT2D eigenvalue weighted by molar-refractivity contribution is -0.120. The molecular formula is C34H32Cl3N3O5S. The maximum absolute atomic E-state index is 13.5. The van der Waals surface area contributed by atoms with Crippen molar-refractivity contribution in [1.29, 1.82) is 0 Å². The fourth-order valence-corrected chi connectivity index (χ4v) is 6.41. The van der Waals surface area contributed by atoms with Gasteiger partial charge in [0.1, 0.15) is 12.6 Å². The molecule has 0 spiro atoms. The van der Waals surface area contributed by atoms with E-state index in [0.717, 1.165) is 22.3 Å². The summed E-state index contributed by atoms with van der Waals surface area (Å²) in [5, 5.41) is 4.42. The van der Waals surface area contributed by atoms with Gasteiger partial charge in [0, 0.05) is 33.2 Å². The molecule has 0 saturated heterocycles. The Bertz CT molecular complexity index is 1820. The maximum Gasteiger partial charge on any atom is 0.300 e. The summed E-state index contributed by atoms with van der Waals surface area (Å²) in [7, 11) is -4.24. The zero-order valence-corrected chi connectivity index (χ0v) is 28.2. The molecule has 240 valence electrons. The summed E-state index contributed by atoms with van der Waals surface area (Å²) in [5.41, 5.74) is 3.98. The van der Waals surface area contributed by atoms with Gasteiger partial charge in [0.05, 0.1) is 18.0 Å². The van der Waals surface area contributed by atoms with Gasteiger partial charge >= 0.3 is 0 Å². The fourth-order valence-electron chi connectivity index (χ4n) is 4.80. The number of para-hydroxylation sites is 1. The number of carbonyl (C=O) groups is 1. The van der Waals surface area contributed by atoms with E-state index in [1.54, 1.807) is 65.8 Å². The third-order valence-corrected chi connectivity index (χ3v) is 9.47. The van der Waals surface area contributed by atoms with Crippen LogP contribution in [0, 0.1) is 13.8 Å². The van der Waals surface area contributed by atoms with E-state index in [4.69, 9.17) is 43.7 Å². The van der Waals surface area contributed by atoms with Crippen LogP contribution >= 0.6 is 34.8 Å². The van der Waals surface area contributed by atoms with Gasteiger partial charge in [-0.1, -0.05) is 88.9 Å². The first-order valence-electron chi connectivity index (χ1n) is 14.3. The van der Waals surface area contributed by atoms with Crippen molar-refractivity contribution in [1.82, 2.24) is 9.80 Å². The second kappa shape index (κ2) is 14.9. The summed E-state index contributed by atoms with van der Waals surface area (Å²) in [6.45, 7) is 3.89. The number of nitrogens with one attached hydrogen (secondary N) is 1. The molecule has 0 saturated carbocycles. The van der Waals surface area contributed by atoms with Crippen LogP contribution in [0.15, 0.2) is 108 Å². The highest BCUT2D eigenvalue weighted by Gasteiger charge is 2.35. The summed E-state index contributed by atoms with van der Waals surface area (Å²) in [6, 6.07) is 26.1. The Hall–Kier alpha value is -3.57. The van der Waals surface area contributed by atoms with Gasteiger partial charge in [-0.3, -0.25) is 4.79 Å². The zero-order valence-electron chi connectivity index (χ0n) is 25.1. The summed E-state index contributed by atoms with van der Waals surface area (Å²) in [4.78, 5) is 16.4. The van der Waals surface area contributed by atoms with Gasteiger partial charge < -0.3 is 19.9 Å². The van der Waals surface area contributed by atoms with Crippen molar-refractivity contribution in [3.05, 3.63) is 141 Å². The van der Waals surface area contributed by atoms with E-state index in [1.807, 2.05) is 44.2 Å². The van der Waals surface area contributed by atoms with Crippen molar-refractivity contribution in [2.75, 3.05) is 18.4 Å². The molecule has 1 aliphatic rings. The number of benzene rings is 4. The number of ether oxygens (including phenoxy) is 1. The molecule has 8 nitrogen and oxygen atoms in total. The van der Waals surface area contributed by atoms with Crippen LogP contribution in [0.25, 0.3) is 0 Å². The number of carbonyl (C=O) groups excluding carboxylic acids is 1. The summed E-state index contributed by atoms with van der Waals surface area (Å²) < 4.78 is 39.2. The van der Waals surface area contributed by atoms with Crippen LogP contribution in [0.2, 0.25) is 15.1 Å². The molecule has 1 amide bonds. The number of amides is 1. The number of nitrogens with zero attached hydrogens (tertiary/aromatic N) is 2. The molecule has 4 aromatic carbocycles. The number of aryl methyl sites for hydroxylation is 2. The average Bonchev–Trinajstić information content (AvgIpc) is 3.37. The Morgan fingerprint density at radius 1 is 0.870 bits per heavy atom. The Labute approximate surface area is 284 Å². The lowest BCUT2D eigenvalue weighted by Crippen LogP contribution is -2.46. The van der Waals surface area contributed by atoms with Crippen LogP contribution in [0.4, 0.5) is 5.69 Å². The molecule has 0 aliphatic carbocycles. The van der Waals surface area contributed by atoms with E-state index in [9.17, 15) is 13.2 Å². The highest BCUT2D eigenvalue weighted by Crippen LogP contribution is 2.30. The van der Waals surface area contributed by atoms with Crippen LogP contribution < -0.4 is 5.32 Å². The standard InChI is InChI=1S/C34H32Cl3N3O5S/c1-23-7-15-29(16-8-23)46(42,43)45-34-39(17-18-40(34)21-33(41)38-31-6-4-3-5-24(31)2)20-32(25-9-12-27(35)13-10-25)44-22-26-11-14-28(36)19-30(26)37/h3-19,32,34H,20-22H2,1-2H3,(H,38,41). The molecule has 2 atom stereocenters. The van der Waals surface area contributed by atoms with Crippen molar-refractivity contribution >= 4 is 56.5 Å². The predicted octanol–water partition coefficient (Wildman–Crippen LogP) is 7.94. The number of halogens is 3. The zero-order chi connectivity index (χ0) is 32.8. The Morgan fingerprint density at radius 2 is 1.54 bits per heavy atom. The van der Waals surface area contributed by atoms with Crippen LogP contribution in [-0.2, 0) is 30.4 Å². The molecule has 5 rings (SSSR count). The van der Waals surface area contributed by atoms with E-state index in [0.29, 0.717) is 20.8 Å². The minimum Gasteiger partial charge on any atom is -0.367 e. The molecule has 2 unspecified atom stereocenters. The van der Waals surface area contributed by atoms with Gasteiger partial charge in [0.2, 0.25) is 12.3 Å². The van der Waals surface area contributed by atoms with Crippen molar-refractivity contribution < 1.29 is 22.1 Å². The Balaban J connectivity index is 1.41. The molecule has 0 radical (unpaired) electrons. The van der Waals surface area contributed by atoms with E-state index < -0.39 is 22.6 Å². The second-order valence-corrected chi connectivity index (χ2v) is 13.7. The summed E-state index contributed by atoms with van der Waals surface area (Å²) >= 11 is 18.7. The highest BCUT2D eigenvalue weighted by atomic mass is 35.5. The van der Waals surface area contributed by atoms with Crippen molar-refractivity contribution in [3.8, 4) is 0 Å². The molecule has 0 bridgehead atoms. The maximum atomic E-state index is 13.5. The van der Waals surface area contributed by atoms with E-state index in [-0.39, 0.29) is 30.5 Å². The van der Waals surface area contributed by atoms with Gasteiger partial charge in [0.25, 0.3) is 10.1 Å². The average molecular weight is 701 g/mol. The van der Waals surface area contributed by atoms with Crippen molar-refractivity contribution in [3.63, 3.8) is 0 Å². The molecule has 46 heavy (non-hydrogen) atoms. The van der Waals surface area contributed by atoms with Crippen molar-refractivity contribution in [2.45, 2.75) is 37.8 Å². The molecule has 12 heteroatoms. The molecule has 4 aromatic rings. The number of rotatable bonds is 12. The quantitative estimate of drug-likeness (QED) is 0.150. The topological polar surface area (TPSA) is 88.2 Å². The largest absolute Gasteiger partial charge is 0.367 e. The third-order valence-electron chi connectivity index (χ3n) is 7.36. The highest BCUT2D eigenvalue weighted by molar-refractivity contribution is 7.86. The van der Waals surface area contributed by atoms with Gasteiger partial charge in [-0.15, -0.1) is 0 Å². The molecule has 1 N–H and O–H groups in total. The SMILES string of the molecule is Cc1ccc(S(=O)(=O)OC2N(CC(=O)Nc3ccccc3C)C=CN2CC(OCc2ccc(Cl)cc2Cl)c2ccc(Cl)cc2)cc1. The first-order valence-corrected chi connectivity index (χ1v) is 16.9. The number of anilines is 1. The van der Waals surface area contributed by atoms with Crippen LogP contribution in [-0.4, -0.2) is 43.6 Å². The van der Waals surface area contributed by atoms with Crippen LogP contribution in [0.5, 0.6) is 0 Å². The van der Waals surface area contributed by atoms with Crippen molar-refractivity contribution in [2.24, 2.45) is 0 Å². The van der Waals surface area contributed by atoms with Crippen LogP contribution in [0.3, 0.4) is 0 Å². The Morgan fingerprint density at radius 3 is 2.24 bits per heavy atom. The lowest BCUT2D eigenvalue weighted by Gasteiger charge is -2.33. The second-order valence-electron chi connectivity index (χ2n) is 10.8. The molecule has 1 aliphatic heterocycles.